The maximum atomic E-state index is 2.49. The Balaban J connectivity index is 0.759. The van der Waals surface area contributed by atoms with Crippen LogP contribution in [0.2, 0.25) is 0 Å². The molecule has 0 saturated heterocycles. The minimum absolute atomic E-state index is 0.00328. The van der Waals surface area contributed by atoms with Crippen molar-refractivity contribution in [1.29, 1.82) is 0 Å². The molecule has 7 aromatic carbocycles. The fourth-order valence-corrected chi connectivity index (χ4v) is 14.9. The van der Waals surface area contributed by atoms with Crippen molar-refractivity contribution in [1.82, 2.24) is 0 Å². The Morgan fingerprint density at radius 1 is 0.371 bits per heavy atom. The molecule has 0 bridgehead atoms. The second kappa shape index (κ2) is 13.2. The van der Waals surface area contributed by atoms with Gasteiger partial charge < -0.3 is 0 Å². The summed E-state index contributed by atoms with van der Waals surface area (Å²) < 4.78 is 2.74. The largest absolute Gasteiger partial charge is 0.141 e. The average molecular weight is 867 g/mol. The lowest BCUT2D eigenvalue weighted by atomic mass is 9.81. The minimum Gasteiger partial charge on any atom is -0.141 e. The molecule has 0 saturated carbocycles. The first-order chi connectivity index (χ1) is 30.0. The molecule has 0 aliphatic heterocycles. The fourth-order valence-electron chi connectivity index (χ4n) is 10.7. The number of thiophene rings is 4. The van der Waals surface area contributed by atoms with Crippen LogP contribution in [0.5, 0.6) is 0 Å². The Morgan fingerprint density at radius 2 is 0.855 bits per heavy atom. The summed E-state index contributed by atoms with van der Waals surface area (Å²) in [6, 6.07) is 58.7. The fraction of sp³-hybridized carbons (Fsp3) is 0.138. The highest BCUT2D eigenvalue weighted by molar-refractivity contribution is 7.25. The van der Waals surface area contributed by atoms with Crippen LogP contribution >= 0.6 is 45.3 Å². The number of hydrogen-bond acceptors (Lipinski definition) is 4. The van der Waals surface area contributed by atoms with Gasteiger partial charge in [-0.05, 0) is 185 Å². The van der Waals surface area contributed by atoms with Crippen molar-refractivity contribution >= 4 is 87.1 Å². The first kappa shape index (κ1) is 37.0. The second-order valence-electron chi connectivity index (χ2n) is 18.6. The quantitative estimate of drug-likeness (QED) is 0.151. The van der Waals surface area contributed by atoms with Crippen molar-refractivity contribution < 1.29 is 0 Å². The maximum Gasteiger partial charge on any atom is 0.0449 e. The van der Waals surface area contributed by atoms with Crippen LogP contribution in [-0.2, 0) is 17.3 Å². The lowest BCUT2D eigenvalue weighted by Gasteiger charge is -2.22. The normalized spacial score (nSPS) is 14.5. The van der Waals surface area contributed by atoms with E-state index in [4.69, 9.17) is 0 Å². The number of rotatable bonds is 5. The third-order valence-electron chi connectivity index (χ3n) is 14.0. The molecule has 4 heteroatoms. The number of aryl methyl sites for hydroxylation is 1. The molecule has 0 amide bonds. The van der Waals surface area contributed by atoms with Gasteiger partial charge in [0.1, 0.15) is 0 Å². The second-order valence-corrected chi connectivity index (χ2v) is 23.2. The van der Waals surface area contributed by atoms with E-state index in [2.05, 4.69) is 186 Å². The van der Waals surface area contributed by atoms with E-state index < -0.39 is 0 Å². The average Bonchev–Trinajstić information content (AvgIpc) is 4.13. The standard InChI is InChI=1S/C58H42S4/c1-32-20-40-25-36-23-39-31-56-41(26-37(39)24-38(36)30-55(40)59-32)27-42(60-56)21-33-10-13-44-46-15-12-35(29-50(46)58(4,5)48(44)22-33)52-17-19-54(62-52)53-18-16-51(61-53)34-11-14-45-43-8-6-7-9-47(43)57(2,3)49(45)28-34/h6-20,22-31H,21H2,1-5H3. The maximum absolute atomic E-state index is 2.49. The van der Waals surface area contributed by atoms with E-state index in [1.54, 1.807) is 0 Å². The summed E-state index contributed by atoms with van der Waals surface area (Å²) in [5, 5.41) is 7.98. The number of fused-ring (bicyclic) bond motifs is 10. The highest BCUT2D eigenvalue weighted by Crippen LogP contribution is 2.52. The number of benzene rings is 7. The first-order valence-corrected chi connectivity index (χ1v) is 24.8. The molecule has 0 spiro atoms. The molecular weight excluding hydrogens is 825 g/mol. The van der Waals surface area contributed by atoms with Crippen LogP contribution < -0.4 is 0 Å². The summed E-state index contributed by atoms with van der Waals surface area (Å²) >= 11 is 7.64. The van der Waals surface area contributed by atoms with Crippen molar-refractivity contribution in [3.63, 3.8) is 0 Å². The van der Waals surface area contributed by atoms with E-state index in [9.17, 15) is 0 Å². The Morgan fingerprint density at radius 3 is 1.50 bits per heavy atom. The van der Waals surface area contributed by atoms with Crippen LogP contribution in [0.3, 0.4) is 0 Å². The topological polar surface area (TPSA) is 0 Å². The first-order valence-electron chi connectivity index (χ1n) is 21.6. The molecule has 0 fully saturated rings. The van der Waals surface area contributed by atoms with Gasteiger partial charge in [0.25, 0.3) is 0 Å². The molecule has 2 aliphatic carbocycles. The zero-order chi connectivity index (χ0) is 41.6. The molecule has 11 aromatic rings. The van der Waals surface area contributed by atoms with Gasteiger partial charge >= 0.3 is 0 Å². The van der Waals surface area contributed by atoms with Crippen molar-refractivity contribution in [2.45, 2.75) is 51.9 Å². The van der Waals surface area contributed by atoms with Crippen molar-refractivity contribution in [2.24, 2.45) is 0 Å². The summed E-state index contributed by atoms with van der Waals surface area (Å²) in [6.45, 7) is 11.8. The predicted octanol–water partition coefficient (Wildman–Crippen LogP) is 18.1. The molecule has 0 unspecified atom stereocenters. The molecular formula is C58H42S4. The zero-order valence-corrected chi connectivity index (χ0v) is 38.5. The van der Waals surface area contributed by atoms with Gasteiger partial charge in [-0.2, -0.15) is 0 Å². The highest BCUT2D eigenvalue weighted by Gasteiger charge is 2.37. The van der Waals surface area contributed by atoms with Gasteiger partial charge in [0.15, 0.2) is 0 Å². The van der Waals surface area contributed by atoms with Gasteiger partial charge in [-0.15, -0.1) is 45.3 Å². The molecule has 2 aliphatic rings. The van der Waals surface area contributed by atoms with Gasteiger partial charge in [0.2, 0.25) is 0 Å². The smallest absolute Gasteiger partial charge is 0.0449 e. The summed E-state index contributed by atoms with van der Waals surface area (Å²) in [5.74, 6) is 0. The van der Waals surface area contributed by atoms with Gasteiger partial charge in [0, 0.05) is 55.9 Å². The third kappa shape index (κ3) is 5.60. The summed E-state index contributed by atoms with van der Waals surface area (Å²) in [5.41, 5.74) is 15.1. The molecule has 0 N–H and O–H groups in total. The van der Waals surface area contributed by atoms with Crippen molar-refractivity contribution in [3.8, 4) is 52.9 Å². The van der Waals surface area contributed by atoms with Gasteiger partial charge in [0.05, 0.1) is 0 Å². The Bertz CT molecular complexity index is 3600. The third-order valence-corrected chi connectivity index (χ3v) is 18.5. The SMILES string of the molecule is Cc1cc2cc3cc4cc5sc(Cc6ccc7c(c6)C(C)(C)c6cc(-c8ccc(-c9ccc(-c%10ccc%11c(c%10)C(C)(C)c%10ccccc%10-%11)s9)s8)ccc6-7)cc5cc4cc3cc2s1. The molecule has 0 nitrogen and oxygen atoms in total. The van der Waals surface area contributed by atoms with Crippen LogP contribution in [0, 0.1) is 6.92 Å². The van der Waals surface area contributed by atoms with E-state index >= 15 is 0 Å². The van der Waals surface area contributed by atoms with Crippen LogP contribution in [0.15, 0.2) is 152 Å². The molecule has 13 rings (SSSR count). The van der Waals surface area contributed by atoms with Crippen LogP contribution in [0.4, 0.5) is 0 Å². The summed E-state index contributed by atoms with van der Waals surface area (Å²) in [6.07, 6.45) is 0.944. The molecule has 0 atom stereocenters. The van der Waals surface area contributed by atoms with E-state index in [-0.39, 0.29) is 10.8 Å². The number of hydrogen-bond donors (Lipinski definition) is 0. The van der Waals surface area contributed by atoms with Crippen LogP contribution in [0.25, 0.3) is 94.6 Å². The minimum atomic E-state index is -0.0850. The lowest BCUT2D eigenvalue weighted by molar-refractivity contribution is 0.659. The van der Waals surface area contributed by atoms with Crippen molar-refractivity contribution in [2.75, 3.05) is 0 Å². The van der Waals surface area contributed by atoms with E-state index in [0.717, 1.165) is 6.42 Å². The van der Waals surface area contributed by atoms with E-state index in [1.807, 2.05) is 45.3 Å². The Kier molecular flexibility index (Phi) is 7.87. The van der Waals surface area contributed by atoms with E-state index in [0.29, 0.717) is 0 Å². The van der Waals surface area contributed by atoms with Crippen LogP contribution in [0.1, 0.15) is 65.3 Å². The molecule has 4 heterocycles. The summed E-state index contributed by atoms with van der Waals surface area (Å²) in [7, 11) is 0. The summed E-state index contributed by atoms with van der Waals surface area (Å²) in [4.78, 5) is 8.09. The molecule has 298 valence electrons. The highest BCUT2D eigenvalue weighted by atomic mass is 32.1. The van der Waals surface area contributed by atoms with Gasteiger partial charge in [-0.3, -0.25) is 0 Å². The monoisotopic (exact) mass is 866 g/mol. The predicted molar refractivity (Wildman–Crippen MR) is 273 cm³/mol. The molecule has 4 aromatic heterocycles. The van der Waals surface area contributed by atoms with Gasteiger partial charge in [-0.1, -0.05) is 94.4 Å². The Labute approximate surface area is 378 Å². The Hall–Kier alpha value is -5.62. The van der Waals surface area contributed by atoms with E-state index in [1.165, 1.54) is 132 Å². The zero-order valence-electron chi connectivity index (χ0n) is 35.3. The molecule has 0 radical (unpaired) electrons. The van der Waals surface area contributed by atoms with Crippen LogP contribution in [-0.4, -0.2) is 0 Å². The molecule has 62 heavy (non-hydrogen) atoms. The lowest BCUT2D eigenvalue weighted by Crippen LogP contribution is -2.15. The van der Waals surface area contributed by atoms with Crippen molar-refractivity contribution in [3.05, 3.63) is 189 Å². The van der Waals surface area contributed by atoms with Gasteiger partial charge in [-0.25, -0.2) is 0 Å².